The number of nitrogens with one attached hydrogen (secondary N) is 1. The molecule has 18 heavy (non-hydrogen) atoms. The topological polar surface area (TPSA) is 38.0 Å². The molecule has 0 radical (unpaired) electrons. The summed E-state index contributed by atoms with van der Waals surface area (Å²) < 4.78 is 0. The highest BCUT2D eigenvalue weighted by atomic mass is 15.0. The van der Waals surface area contributed by atoms with Gasteiger partial charge in [0.25, 0.3) is 0 Å². The van der Waals surface area contributed by atoms with Crippen molar-refractivity contribution in [3.05, 3.63) is 29.8 Å². The molecule has 0 spiro atoms. The Hall–Kier alpha value is -1.02. The van der Waals surface area contributed by atoms with Crippen molar-refractivity contribution >= 4 is 5.69 Å². The van der Waals surface area contributed by atoms with Crippen LogP contribution in [0.4, 0.5) is 5.69 Å². The van der Waals surface area contributed by atoms with Crippen LogP contribution in [0, 0.1) is 6.92 Å². The molecule has 1 aromatic carbocycles. The average molecular weight is 248 g/mol. The Morgan fingerprint density at radius 2 is 1.78 bits per heavy atom. The molecule has 2 heteroatoms. The average Bonchev–Trinajstić information content (AvgIpc) is 2.38. The highest BCUT2D eigenvalue weighted by molar-refractivity contribution is 5.46. The molecule has 0 aliphatic carbocycles. The summed E-state index contributed by atoms with van der Waals surface area (Å²) in [4.78, 5) is 0. The second-order valence-corrected chi connectivity index (χ2v) is 5.57. The van der Waals surface area contributed by atoms with Gasteiger partial charge >= 0.3 is 0 Å². The molecule has 102 valence electrons. The van der Waals surface area contributed by atoms with Gasteiger partial charge in [-0.25, -0.2) is 0 Å². The minimum absolute atomic E-state index is 0.0169. The molecule has 0 amide bonds. The van der Waals surface area contributed by atoms with Crippen LogP contribution in [-0.4, -0.2) is 12.1 Å². The maximum atomic E-state index is 5.94. The molecule has 0 aromatic heterocycles. The second-order valence-electron chi connectivity index (χ2n) is 5.57. The van der Waals surface area contributed by atoms with Crippen LogP contribution in [0.1, 0.15) is 51.5 Å². The van der Waals surface area contributed by atoms with E-state index in [0.29, 0.717) is 6.54 Å². The molecule has 0 saturated heterocycles. The van der Waals surface area contributed by atoms with Crippen molar-refractivity contribution < 1.29 is 0 Å². The van der Waals surface area contributed by atoms with Crippen molar-refractivity contribution in [3.63, 3.8) is 0 Å². The minimum atomic E-state index is 0.0169. The summed E-state index contributed by atoms with van der Waals surface area (Å²) in [6, 6.07) is 8.54. The van der Waals surface area contributed by atoms with Gasteiger partial charge in [-0.15, -0.1) is 0 Å². The highest BCUT2D eigenvalue weighted by Gasteiger charge is 2.21. The summed E-state index contributed by atoms with van der Waals surface area (Å²) in [5.74, 6) is 0. The Bertz CT molecular complexity index is 331. The third-order valence-electron chi connectivity index (χ3n) is 3.53. The first kappa shape index (κ1) is 15.0. The molecule has 0 aliphatic heterocycles. The third-order valence-corrected chi connectivity index (χ3v) is 3.53. The number of rotatable bonds is 8. The van der Waals surface area contributed by atoms with Crippen molar-refractivity contribution in [1.29, 1.82) is 0 Å². The number of aryl methyl sites for hydroxylation is 1. The van der Waals surface area contributed by atoms with E-state index < -0.39 is 0 Å². The molecule has 0 fully saturated rings. The molecular weight excluding hydrogens is 220 g/mol. The Morgan fingerprint density at radius 1 is 1.11 bits per heavy atom. The maximum absolute atomic E-state index is 5.94. The van der Waals surface area contributed by atoms with Crippen LogP contribution in [0.5, 0.6) is 0 Å². The van der Waals surface area contributed by atoms with E-state index >= 15 is 0 Å². The summed E-state index contributed by atoms with van der Waals surface area (Å²) in [6.45, 7) is 7.25. The Kier molecular flexibility index (Phi) is 6.20. The van der Waals surface area contributed by atoms with Gasteiger partial charge in [0.15, 0.2) is 0 Å². The number of anilines is 1. The molecule has 0 saturated carbocycles. The number of unbranched alkanes of at least 4 members (excludes halogenated alkanes) is 3. The van der Waals surface area contributed by atoms with Crippen LogP contribution in [0.15, 0.2) is 24.3 Å². The summed E-state index contributed by atoms with van der Waals surface area (Å²) >= 11 is 0. The van der Waals surface area contributed by atoms with Gasteiger partial charge in [-0.2, -0.15) is 0 Å². The second kappa shape index (κ2) is 7.42. The molecule has 1 atom stereocenters. The smallest absolute Gasteiger partial charge is 0.0467 e. The minimum Gasteiger partial charge on any atom is -0.379 e. The van der Waals surface area contributed by atoms with Crippen LogP contribution < -0.4 is 11.1 Å². The van der Waals surface area contributed by atoms with Gasteiger partial charge in [0.05, 0.1) is 0 Å². The molecular formula is C16H28N2. The fourth-order valence-corrected chi connectivity index (χ4v) is 2.14. The predicted octanol–water partition coefficient (Wildman–Crippen LogP) is 4.09. The van der Waals surface area contributed by atoms with Crippen LogP contribution in [0.2, 0.25) is 0 Å². The Balaban J connectivity index is 2.50. The zero-order valence-corrected chi connectivity index (χ0v) is 12.1. The van der Waals surface area contributed by atoms with Gasteiger partial charge in [-0.3, -0.25) is 0 Å². The lowest BCUT2D eigenvalue weighted by Crippen LogP contribution is -2.42. The standard InChI is InChI=1S/C16H28N2/c1-4-5-6-7-12-16(3,13-17)18-15-10-8-14(2)9-11-15/h8-11,18H,4-7,12-13,17H2,1-3H3. The van der Waals surface area contributed by atoms with Crippen molar-refractivity contribution in [2.45, 2.75) is 58.4 Å². The van der Waals surface area contributed by atoms with Crippen LogP contribution in [-0.2, 0) is 0 Å². The van der Waals surface area contributed by atoms with Crippen LogP contribution in [0.3, 0.4) is 0 Å². The fraction of sp³-hybridized carbons (Fsp3) is 0.625. The van der Waals surface area contributed by atoms with E-state index in [4.69, 9.17) is 5.73 Å². The van der Waals surface area contributed by atoms with E-state index in [0.717, 1.165) is 6.42 Å². The summed E-state index contributed by atoms with van der Waals surface area (Å²) in [5, 5.41) is 3.58. The van der Waals surface area contributed by atoms with Gasteiger partial charge in [-0.05, 0) is 32.4 Å². The van der Waals surface area contributed by atoms with Crippen molar-refractivity contribution in [2.24, 2.45) is 5.73 Å². The molecule has 1 rings (SSSR count). The lowest BCUT2D eigenvalue weighted by molar-refractivity contribution is 0.451. The lowest BCUT2D eigenvalue weighted by Gasteiger charge is -2.31. The van der Waals surface area contributed by atoms with Crippen LogP contribution in [0.25, 0.3) is 0 Å². The number of hydrogen-bond donors (Lipinski definition) is 2. The quantitative estimate of drug-likeness (QED) is 0.680. The van der Waals surface area contributed by atoms with Gasteiger partial charge < -0.3 is 11.1 Å². The van der Waals surface area contributed by atoms with Gasteiger partial charge in [-0.1, -0.05) is 50.3 Å². The molecule has 1 unspecified atom stereocenters. The Labute approximate surface area is 112 Å². The van der Waals surface area contributed by atoms with E-state index in [1.54, 1.807) is 0 Å². The first-order valence-corrected chi connectivity index (χ1v) is 7.14. The predicted molar refractivity (Wildman–Crippen MR) is 81.0 cm³/mol. The number of hydrogen-bond acceptors (Lipinski definition) is 2. The zero-order chi connectivity index (χ0) is 13.4. The molecule has 0 aliphatic rings. The SMILES string of the molecule is CCCCCCC(C)(CN)Nc1ccc(C)cc1. The van der Waals surface area contributed by atoms with Gasteiger partial charge in [0.2, 0.25) is 0 Å². The lowest BCUT2D eigenvalue weighted by atomic mass is 9.93. The maximum Gasteiger partial charge on any atom is 0.0467 e. The Morgan fingerprint density at radius 3 is 2.33 bits per heavy atom. The molecule has 3 N–H and O–H groups in total. The van der Waals surface area contributed by atoms with E-state index in [1.165, 1.54) is 36.9 Å². The van der Waals surface area contributed by atoms with E-state index in [9.17, 15) is 0 Å². The number of nitrogens with two attached hydrogens (primary N) is 1. The third kappa shape index (κ3) is 5.09. The van der Waals surface area contributed by atoms with Gasteiger partial charge in [0.1, 0.15) is 0 Å². The van der Waals surface area contributed by atoms with E-state index in [2.05, 4.69) is 50.4 Å². The molecule has 0 bridgehead atoms. The first-order chi connectivity index (χ1) is 8.59. The summed E-state index contributed by atoms with van der Waals surface area (Å²) in [5.41, 5.74) is 8.41. The van der Waals surface area contributed by atoms with Crippen molar-refractivity contribution in [1.82, 2.24) is 0 Å². The normalized spacial score (nSPS) is 14.2. The monoisotopic (exact) mass is 248 g/mol. The molecule has 2 nitrogen and oxygen atoms in total. The van der Waals surface area contributed by atoms with Crippen molar-refractivity contribution in [3.8, 4) is 0 Å². The zero-order valence-electron chi connectivity index (χ0n) is 12.1. The fourth-order valence-electron chi connectivity index (χ4n) is 2.14. The largest absolute Gasteiger partial charge is 0.379 e. The van der Waals surface area contributed by atoms with E-state index in [-0.39, 0.29) is 5.54 Å². The summed E-state index contributed by atoms with van der Waals surface area (Å²) in [6.07, 6.45) is 6.30. The van der Waals surface area contributed by atoms with Crippen molar-refractivity contribution in [2.75, 3.05) is 11.9 Å². The summed E-state index contributed by atoms with van der Waals surface area (Å²) in [7, 11) is 0. The molecule has 1 aromatic rings. The highest BCUT2D eigenvalue weighted by Crippen LogP contribution is 2.21. The van der Waals surface area contributed by atoms with E-state index in [1.807, 2.05) is 0 Å². The van der Waals surface area contributed by atoms with Crippen LogP contribution >= 0.6 is 0 Å². The van der Waals surface area contributed by atoms with Gasteiger partial charge in [0, 0.05) is 17.8 Å². The number of benzene rings is 1. The molecule has 0 heterocycles. The first-order valence-electron chi connectivity index (χ1n) is 7.14.